The van der Waals surface area contributed by atoms with Gasteiger partial charge < -0.3 is 10.6 Å². The van der Waals surface area contributed by atoms with Gasteiger partial charge in [-0.1, -0.05) is 13.8 Å². The fourth-order valence-electron chi connectivity index (χ4n) is 2.58. The summed E-state index contributed by atoms with van der Waals surface area (Å²) in [5, 5.41) is 0.803. The number of rotatable bonds is 4. The van der Waals surface area contributed by atoms with Crippen LogP contribution in [0.25, 0.3) is 10.9 Å². The maximum absolute atomic E-state index is 14.3. The zero-order valence-electron chi connectivity index (χ0n) is 11.7. The molecule has 0 aliphatic rings. The lowest BCUT2D eigenvalue weighted by Gasteiger charge is -2.29. The number of benzene rings is 1. The van der Waals surface area contributed by atoms with Crippen LogP contribution in [-0.2, 0) is 0 Å². The van der Waals surface area contributed by atoms with Crippen LogP contribution in [0.3, 0.4) is 0 Å². The Morgan fingerprint density at radius 3 is 2.68 bits per heavy atom. The lowest BCUT2D eigenvalue weighted by atomic mass is 10.1. The van der Waals surface area contributed by atoms with Crippen molar-refractivity contribution in [2.24, 2.45) is 0 Å². The van der Waals surface area contributed by atoms with Gasteiger partial charge in [-0.3, -0.25) is 4.98 Å². The Hall–Kier alpha value is -1.84. The second kappa shape index (κ2) is 5.43. The van der Waals surface area contributed by atoms with Crippen LogP contribution in [0.4, 0.5) is 15.8 Å². The minimum atomic E-state index is -0.307. The molecule has 0 radical (unpaired) electrons. The summed E-state index contributed by atoms with van der Waals surface area (Å²) < 4.78 is 14.3. The number of nitrogen functional groups attached to an aromatic ring is 1. The summed E-state index contributed by atoms with van der Waals surface area (Å²) in [5.41, 5.74) is 7.48. The number of hydrogen-bond acceptors (Lipinski definition) is 3. The first kappa shape index (κ1) is 13.6. The van der Waals surface area contributed by atoms with Gasteiger partial charge in [0.15, 0.2) is 5.82 Å². The van der Waals surface area contributed by atoms with E-state index >= 15 is 0 Å². The molecule has 1 aromatic heterocycles. The third-order valence-corrected chi connectivity index (χ3v) is 3.69. The minimum absolute atomic E-state index is 0.295. The summed E-state index contributed by atoms with van der Waals surface area (Å²) in [5.74, 6) is -0.307. The molecule has 0 fully saturated rings. The first-order valence-electron chi connectivity index (χ1n) is 6.65. The minimum Gasteiger partial charge on any atom is -0.398 e. The molecule has 0 spiro atoms. The molecule has 0 aliphatic heterocycles. The van der Waals surface area contributed by atoms with Crippen LogP contribution in [0.5, 0.6) is 0 Å². The van der Waals surface area contributed by atoms with E-state index in [4.69, 9.17) is 5.73 Å². The maximum atomic E-state index is 14.3. The largest absolute Gasteiger partial charge is 0.398 e. The molecule has 2 N–H and O–H groups in total. The summed E-state index contributed by atoms with van der Waals surface area (Å²) in [7, 11) is 1.92. The zero-order chi connectivity index (χ0) is 14.0. The molecule has 0 atom stereocenters. The summed E-state index contributed by atoms with van der Waals surface area (Å²) in [4.78, 5) is 6.29. The van der Waals surface area contributed by atoms with Crippen molar-refractivity contribution in [2.75, 3.05) is 17.7 Å². The molecule has 0 unspecified atom stereocenters. The van der Waals surface area contributed by atoms with E-state index in [0.717, 1.165) is 18.2 Å². The first-order valence-corrected chi connectivity index (χ1v) is 6.65. The van der Waals surface area contributed by atoms with Gasteiger partial charge in [0, 0.05) is 30.4 Å². The quantitative estimate of drug-likeness (QED) is 0.855. The molecule has 1 heterocycles. The lowest BCUT2D eigenvalue weighted by molar-refractivity contribution is 0.568. The van der Waals surface area contributed by atoms with Crippen molar-refractivity contribution < 1.29 is 4.39 Å². The van der Waals surface area contributed by atoms with E-state index in [0.29, 0.717) is 22.9 Å². The number of aromatic nitrogens is 1. The molecule has 0 amide bonds. The zero-order valence-corrected chi connectivity index (χ0v) is 11.7. The summed E-state index contributed by atoms with van der Waals surface area (Å²) in [6, 6.07) is 5.38. The van der Waals surface area contributed by atoms with E-state index in [1.807, 2.05) is 24.1 Å². The highest BCUT2D eigenvalue weighted by atomic mass is 19.1. The van der Waals surface area contributed by atoms with Gasteiger partial charge in [-0.05, 0) is 31.0 Å². The SMILES string of the molecule is CCC(CC)N(C)c1c(F)cc(N)c2cccnc12. The van der Waals surface area contributed by atoms with Gasteiger partial charge >= 0.3 is 0 Å². The number of pyridine rings is 1. The normalized spacial score (nSPS) is 11.2. The predicted octanol–water partition coefficient (Wildman–Crippen LogP) is 3.58. The highest BCUT2D eigenvalue weighted by Crippen LogP contribution is 2.33. The Kier molecular flexibility index (Phi) is 3.88. The number of nitrogens with zero attached hydrogens (tertiary/aromatic N) is 2. The smallest absolute Gasteiger partial charge is 0.150 e. The third-order valence-electron chi connectivity index (χ3n) is 3.69. The molecule has 3 nitrogen and oxygen atoms in total. The standard InChI is InChI=1S/C15H20FN3/c1-4-10(5-2)19(3)15-12(16)9-13(17)11-7-6-8-18-14(11)15/h6-10H,4-5,17H2,1-3H3. The first-order chi connectivity index (χ1) is 9.10. The maximum Gasteiger partial charge on any atom is 0.150 e. The highest BCUT2D eigenvalue weighted by molar-refractivity contribution is 5.98. The predicted molar refractivity (Wildman–Crippen MR) is 78.9 cm³/mol. The molecule has 4 heteroatoms. The van der Waals surface area contributed by atoms with Crippen LogP contribution in [0.2, 0.25) is 0 Å². The lowest BCUT2D eigenvalue weighted by Crippen LogP contribution is -2.31. The van der Waals surface area contributed by atoms with Crippen molar-refractivity contribution >= 4 is 22.3 Å². The van der Waals surface area contributed by atoms with E-state index in [9.17, 15) is 4.39 Å². The molecule has 19 heavy (non-hydrogen) atoms. The molecular formula is C15H20FN3. The van der Waals surface area contributed by atoms with Crippen molar-refractivity contribution in [3.8, 4) is 0 Å². The molecule has 0 saturated carbocycles. The van der Waals surface area contributed by atoms with Crippen LogP contribution < -0.4 is 10.6 Å². The van der Waals surface area contributed by atoms with Gasteiger partial charge in [0.2, 0.25) is 0 Å². The Morgan fingerprint density at radius 1 is 1.37 bits per heavy atom. The second-order valence-corrected chi connectivity index (χ2v) is 4.78. The van der Waals surface area contributed by atoms with Gasteiger partial charge in [0.1, 0.15) is 0 Å². The number of fused-ring (bicyclic) bond motifs is 1. The molecule has 0 saturated heterocycles. The molecule has 102 valence electrons. The fraction of sp³-hybridized carbons (Fsp3) is 0.400. The van der Waals surface area contributed by atoms with E-state index in [1.165, 1.54) is 6.07 Å². The Bertz CT molecular complexity index is 579. The van der Waals surface area contributed by atoms with Crippen LogP contribution in [0.1, 0.15) is 26.7 Å². The number of anilines is 2. The van der Waals surface area contributed by atoms with E-state index in [2.05, 4.69) is 18.8 Å². The summed E-state index contributed by atoms with van der Waals surface area (Å²) >= 11 is 0. The fourth-order valence-corrected chi connectivity index (χ4v) is 2.58. The summed E-state index contributed by atoms with van der Waals surface area (Å²) in [6.45, 7) is 4.21. The average Bonchev–Trinajstić information content (AvgIpc) is 2.40. The monoisotopic (exact) mass is 261 g/mol. The number of nitrogens with two attached hydrogens (primary N) is 1. The van der Waals surface area contributed by atoms with E-state index in [-0.39, 0.29) is 5.82 Å². The van der Waals surface area contributed by atoms with Crippen LogP contribution in [-0.4, -0.2) is 18.1 Å². The van der Waals surface area contributed by atoms with Gasteiger partial charge in [-0.2, -0.15) is 0 Å². The molecular weight excluding hydrogens is 241 g/mol. The van der Waals surface area contributed by atoms with E-state index < -0.39 is 0 Å². The molecule has 0 bridgehead atoms. The van der Waals surface area contributed by atoms with Crippen molar-refractivity contribution in [1.29, 1.82) is 0 Å². The van der Waals surface area contributed by atoms with Gasteiger partial charge in [0.05, 0.1) is 11.2 Å². The van der Waals surface area contributed by atoms with Crippen molar-refractivity contribution in [1.82, 2.24) is 4.98 Å². The van der Waals surface area contributed by atoms with Gasteiger partial charge in [-0.15, -0.1) is 0 Å². The van der Waals surface area contributed by atoms with Gasteiger partial charge in [-0.25, -0.2) is 4.39 Å². The third kappa shape index (κ3) is 2.35. The molecule has 2 aromatic rings. The van der Waals surface area contributed by atoms with Crippen molar-refractivity contribution in [2.45, 2.75) is 32.7 Å². The topological polar surface area (TPSA) is 42.1 Å². The van der Waals surface area contributed by atoms with Crippen LogP contribution in [0, 0.1) is 5.82 Å². The highest BCUT2D eigenvalue weighted by Gasteiger charge is 2.19. The Morgan fingerprint density at radius 2 is 2.05 bits per heavy atom. The number of halogens is 1. The molecule has 1 aromatic carbocycles. The van der Waals surface area contributed by atoms with Crippen LogP contribution >= 0.6 is 0 Å². The molecule has 0 aliphatic carbocycles. The van der Waals surface area contributed by atoms with E-state index in [1.54, 1.807) is 6.20 Å². The number of hydrogen-bond donors (Lipinski definition) is 1. The molecule has 2 rings (SSSR count). The van der Waals surface area contributed by atoms with Crippen LogP contribution in [0.15, 0.2) is 24.4 Å². The Labute approximate surface area is 113 Å². The van der Waals surface area contributed by atoms with Crippen molar-refractivity contribution in [3.63, 3.8) is 0 Å². The summed E-state index contributed by atoms with van der Waals surface area (Å²) in [6.07, 6.45) is 3.60. The second-order valence-electron chi connectivity index (χ2n) is 4.78. The van der Waals surface area contributed by atoms with Crippen molar-refractivity contribution in [3.05, 3.63) is 30.2 Å². The van der Waals surface area contributed by atoms with Gasteiger partial charge in [0.25, 0.3) is 0 Å². The Balaban J connectivity index is 2.65. The average molecular weight is 261 g/mol.